The van der Waals surface area contributed by atoms with Gasteiger partial charge in [-0.25, -0.2) is 9.97 Å². The monoisotopic (exact) mass is 267 g/mol. The summed E-state index contributed by atoms with van der Waals surface area (Å²) >= 11 is 0. The third kappa shape index (κ3) is 3.95. The van der Waals surface area contributed by atoms with Gasteiger partial charge in [0, 0.05) is 32.0 Å². The lowest BCUT2D eigenvalue weighted by Gasteiger charge is -2.19. The number of benzene rings is 1. The highest BCUT2D eigenvalue weighted by atomic mass is 15.1. The van der Waals surface area contributed by atoms with E-state index in [2.05, 4.69) is 39.4 Å². The Hall–Kier alpha value is -2.61. The van der Waals surface area contributed by atoms with Crippen LogP contribution in [0, 0.1) is 11.3 Å². The molecule has 0 saturated carbocycles. The number of nitrogens with one attached hydrogen (secondary N) is 1. The molecule has 0 radical (unpaired) electrons. The summed E-state index contributed by atoms with van der Waals surface area (Å²) < 4.78 is 0. The third-order valence-electron chi connectivity index (χ3n) is 2.92. The Labute approximate surface area is 118 Å². The average molecular weight is 267 g/mol. The van der Waals surface area contributed by atoms with E-state index in [1.54, 1.807) is 12.3 Å². The summed E-state index contributed by atoms with van der Waals surface area (Å²) in [6.45, 7) is 1.71. The van der Waals surface area contributed by atoms with Crippen LogP contribution in [-0.4, -0.2) is 30.1 Å². The SMILES string of the molecule is CN(CCCNc1nccc(C#N)n1)c1ccccc1. The number of aromatic nitrogens is 2. The molecule has 0 unspecified atom stereocenters. The van der Waals surface area contributed by atoms with Crippen molar-refractivity contribution in [2.24, 2.45) is 0 Å². The zero-order valence-corrected chi connectivity index (χ0v) is 11.5. The van der Waals surface area contributed by atoms with Gasteiger partial charge in [0.25, 0.3) is 0 Å². The van der Waals surface area contributed by atoms with E-state index in [-0.39, 0.29) is 0 Å². The van der Waals surface area contributed by atoms with Crippen LogP contribution in [0.25, 0.3) is 0 Å². The number of para-hydroxylation sites is 1. The molecule has 0 bridgehead atoms. The van der Waals surface area contributed by atoms with Crippen molar-refractivity contribution in [1.29, 1.82) is 5.26 Å². The third-order valence-corrected chi connectivity index (χ3v) is 2.92. The van der Waals surface area contributed by atoms with Gasteiger partial charge in [-0.15, -0.1) is 0 Å². The van der Waals surface area contributed by atoms with Gasteiger partial charge >= 0.3 is 0 Å². The molecule has 2 rings (SSSR count). The average Bonchev–Trinajstić information content (AvgIpc) is 2.52. The molecule has 20 heavy (non-hydrogen) atoms. The molecule has 0 atom stereocenters. The zero-order chi connectivity index (χ0) is 14.2. The largest absolute Gasteiger partial charge is 0.375 e. The van der Waals surface area contributed by atoms with Gasteiger partial charge in [0.2, 0.25) is 5.95 Å². The highest BCUT2D eigenvalue weighted by Crippen LogP contribution is 2.10. The maximum Gasteiger partial charge on any atom is 0.223 e. The molecule has 0 saturated heterocycles. The van der Waals surface area contributed by atoms with Gasteiger partial charge in [-0.3, -0.25) is 0 Å². The number of nitriles is 1. The number of anilines is 2. The van der Waals surface area contributed by atoms with Gasteiger partial charge in [-0.2, -0.15) is 5.26 Å². The summed E-state index contributed by atoms with van der Waals surface area (Å²) in [6, 6.07) is 13.8. The van der Waals surface area contributed by atoms with E-state index in [1.807, 2.05) is 24.3 Å². The van der Waals surface area contributed by atoms with E-state index in [4.69, 9.17) is 5.26 Å². The fourth-order valence-corrected chi connectivity index (χ4v) is 1.83. The Morgan fingerprint density at radius 3 is 2.80 bits per heavy atom. The van der Waals surface area contributed by atoms with Crippen LogP contribution in [0.5, 0.6) is 0 Å². The minimum atomic E-state index is 0.379. The number of hydrogen-bond donors (Lipinski definition) is 1. The zero-order valence-electron chi connectivity index (χ0n) is 11.5. The van der Waals surface area contributed by atoms with Crippen molar-refractivity contribution < 1.29 is 0 Å². The number of hydrogen-bond acceptors (Lipinski definition) is 5. The maximum absolute atomic E-state index is 8.76. The van der Waals surface area contributed by atoms with E-state index in [0.717, 1.165) is 19.5 Å². The van der Waals surface area contributed by atoms with Gasteiger partial charge in [-0.1, -0.05) is 18.2 Å². The quantitative estimate of drug-likeness (QED) is 0.813. The van der Waals surface area contributed by atoms with E-state index in [1.165, 1.54) is 5.69 Å². The lowest BCUT2D eigenvalue weighted by atomic mass is 10.3. The van der Waals surface area contributed by atoms with Crippen molar-refractivity contribution in [3.05, 3.63) is 48.3 Å². The first-order valence-electron chi connectivity index (χ1n) is 6.53. The number of rotatable bonds is 6. The second-order valence-corrected chi connectivity index (χ2v) is 4.41. The summed E-state index contributed by atoms with van der Waals surface area (Å²) in [4.78, 5) is 10.3. The van der Waals surface area contributed by atoms with Gasteiger partial charge < -0.3 is 10.2 Å². The predicted molar refractivity (Wildman–Crippen MR) is 79.6 cm³/mol. The van der Waals surface area contributed by atoms with Crippen LogP contribution in [0.2, 0.25) is 0 Å². The van der Waals surface area contributed by atoms with Crippen LogP contribution in [0.1, 0.15) is 12.1 Å². The van der Waals surface area contributed by atoms with Crippen molar-refractivity contribution in [3.63, 3.8) is 0 Å². The van der Waals surface area contributed by atoms with E-state index in [0.29, 0.717) is 11.6 Å². The van der Waals surface area contributed by atoms with Gasteiger partial charge in [0.1, 0.15) is 11.8 Å². The molecular formula is C15H17N5. The molecule has 1 aromatic heterocycles. The van der Waals surface area contributed by atoms with Crippen molar-refractivity contribution in [1.82, 2.24) is 9.97 Å². The van der Waals surface area contributed by atoms with Gasteiger partial charge in [0.15, 0.2) is 0 Å². The molecule has 1 heterocycles. The molecule has 5 nitrogen and oxygen atoms in total. The van der Waals surface area contributed by atoms with Crippen LogP contribution < -0.4 is 10.2 Å². The molecule has 0 fully saturated rings. The number of nitrogens with zero attached hydrogens (tertiary/aromatic N) is 4. The molecule has 102 valence electrons. The van der Waals surface area contributed by atoms with Crippen molar-refractivity contribution in [2.45, 2.75) is 6.42 Å². The topological polar surface area (TPSA) is 64.8 Å². The molecule has 0 aliphatic rings. The Morgan fingerprint density at radius 2 is 2.05 bits per heavy atom. The summed E-state index contributed by atoms with van der Waals surface area (Å²) in [5.74, 6) is 0.506. The highest BCUT2D eigenvalue weighted by molar-refractivity contribution is 5.44. The lowest BCUT2D eigenvalue weighted by Crippen LogP contribution is -2.21. The Bertz CT molecular complexity index is 576. The summed E-state index contributed by atoms with van der Waals surface area (Å²) in [7, 11) is 2.07. The normalized spacial score (nSPS) is 9.80. The van der Waals surface area contributed by atoms with Crippen LogP contribution in [0.3, 0.4) is 0 Å². The molecule has 0 aliphatic heterocycles. The fourth-order valence-electron chi connectivity index (χ4n) is 1.83. The first-order valence-corrected chi connectivity index (χ1v) is 6.53. The van der Waals surface area contributed by atoms with Crippen LogP contribution >= 0.6 is 0 Å². The van der Waals surface area contributed by atoms with Gasteiger partial charge in [-0.05, 0) is 24.6 Å². The first-order chi connectivity index (χ1) is 9.79. The standard InChI is InChI=1S/C15H17N5/c1-20(14-6-3-2-4-7-14)11-5-9-17-15-18-10-8-13(12-16)19-15/h2-4,6-8,10H,5,9,11H2,1H3,(H,17,18,19). The Balaban J connectivity index is 1.75. The molecule has 1 aromatic carbocycles. The summed E-state index contributed by atoms with van der Waals surface area (Å²) in [5, 5.41) is 11.9. The van der Waals surface area contributed by atoms with Crippen LogP contribution in [0.4, 0.5) is 11.6 Å². The molecule has 2 aromatic rings. The molecular weight excluding hydrogens is 250 g/mol. The molecule has 0 aliphatic carbocycles. The summed E-state index contributed by atoms with van der Waals surface area (Å²) in [6.07, 6.45) is 2.55. The second-order valence-electron chi connectivity index (χ2n) is 4.41. The molecule has 0 spiro atoms. The highest BCUT2D eigenvalue weighted by Gasteiger charge is 2.00. The Kier molecular flexibility index (Phi) is 4.90. The fraction of sp³-hybridized carbons (Fsp3) is 0.267. The summed E-state index contributed by atoms with van der Waals surface area (Å²) in [5.41, 5.74) is 1.58. The van der Waals surface area contributed by atoms with E-state index in [9.17, 15) is 0 Å². The second kappa shape index (κ2) is 7.10. The maximum atomic E-state index is 8.76. The Morgan fingerprint density at radius 1 is 1.25 bits per heavy atom. The minimum absolute atomic E-state index is 0.379. The molecule has 0 amide bonds. The molecule has 5 heteroatoms. The minimum Gasteiger partial charge on any atom is -0.375 e. The van der Waals surface area contributed by atoms with Crippen LogP contribution in [-0.2, 0) is 0 Å². The predicted octanol–water partition coefficient (Wildman–Crippen LogP) is 2.29. The lowest BCUT2D eigenvalue weighted by molar-refractivity contribution is 0.810. The van der Waals surface area contributed by atoms with Crippen molar-refractivity contribution >= 4 is 11.6 Å². The van der Waals surface area contributed by atoms with E-state index < -0.39 is 0 Å². The first kappa shape index (κ1) is 13.8. The van der Waals surface area contributed by atoms with Crippen molar-refractivity contribution in [3.8, 4) is 6.07 Å². The van der Waals surface area contributed by atoms with Crippen molar-refractivity contribution in [2.75, 3.05) is 30.4 Å². The smallest absolute Gasteiger partial charge is 0.223 e. The van der Waals surface area contributed by atoms with E-state index >= 15 is 0 Å². The van der Waals surface area contributed by atoms with Crippen LogP contribution in [0.15, 0.2) is 42.6 Å². The van der Waals surface area contributed by atoms with Gasteiger partial charge in [0.05, 0.1) is 0 Å². The molecule has 1 N–H and O–H groups in total.